The van der Waals surface area contributed by atoms with E-state index >= 15 is 0 Å². The Bertz CT molecular complexity index is 1100. The maximum Gasteiger partial charge on any atom is 0.0998 e. The van der Waals surface area contributed by atoms with E-state index in [1.54, 1.807) is 0 Å². The number of anilines is 2. The summed E-state index contributed by atoms with van der Waals surface area (Å²) in [6, 6.07) is 28.2. The van der Waals surface area contributed by atoms with E-state index in [2.05, 4.69) is 12.1 Å². The van der Waals surface area contributed by atoms with Crippen molar-refractivity contribution in [2.75, 3.05) is 38.0 Å². The molecule has 0 unspecified atom stereocenters. The zero-order valence-electron chi connectivity index (χ0n) is 18.9. The summed E-state index contributed by atoms with van der Waals surface area (Å²) >= 11 is 0. The summed E-state index contributed by atoms with van der Waals surface area (Å²) in [4.78, 5) is 4.07. The van der Waals surface area contributed by atoms with Gasteiger partial charge in [0.25, 0.3) is 0 Å². The van der Waals surface area contributed by atoms with Crippen molar-refractivity contribution >= 4 is 34.7 Å². The molecule has 0 bridgehead atoms. The van der Waals surface area contributed by atoms with Crippen LogP contribution in [0.15, 0.2) is 72.8 Å². The number of rotatable bonds is 6. The Morgan fingerprint density at radius 2 is 0.875 bits per heavy atom. The molecule has 0 N–H and O–H groups in total. The summed E-state index contributed by atoms with van der Waals surface area (Å²) in [6.45, 7) is 0. The van der Waals surface area contributed by atoms with Crippen molar-refractivity contribution in [2.45, 2.75) is 0 Å². The van der Waals surface area contributed by atoms with Gasteiger partial charge in [-0.05, 0) is 58.7 Å². The maximum atomic E-state index is 9.67. The summed E-state index contributed by atoms with van der Waals surface area (Å²) in [5.41, 5.74) is 6.95. The number of hydrogen-bond acceptors (Lipinski definition) is 4. The first-order chi connectivity index (χ1) is 15.4. The van der Waals surface area contributed by atoms with Crippen LogP contribution in [0.4, 0.5) is 11.4 Å². The molecule has 3 aromatic rings. The van der Waals surface area contributed by atoms with Gasteiger partial charge in [-0.2, -0.15) is 10.5 Å². The third-order valence-electron chi connectivity index (χ3n) is 5.19. The molecule has 32 heavy (non-hydrogen) atoms. The normalized spacial score (nSPS) is 11.4. The lowest BCUT2D eigenvalue weighted by Gasteiger charge is -2.12. The van der Waals surface area contributed by atoms with Gasteiger partial charge in [0.1, 0.15) is 0 Å². The average Bonchev–Trinajstić information content (AvgIpc) is 2.81. The lowest BCUT2D eigenvalue weighted by Crippen LogP contribution is -2.07. The minimum Gasteiger partial charge on any atom is -0.378 e. The van der Waals surface area contributed by atoms with E-state index in [0.29, 0.717) is 11.1 Å². The smallest absolute Gasteiger partial charge is 0.0998 e. The average molecular weight is 419 g/mol. The molecule has 0 amide bonds. The van der Waals surface area contributed by atoms with Gasteiger partial charge in [-0.3, -0.25) is 0 Å². The first-order valence-electron chi connectivity index (χ1n) is 10.3. The van der Waals surface area contributed by atoms with Gasteiger partial charge in [0.05, 0.1) is 23.3 Å². The van der Waals surface area contributed by atoms with Crippen molar-refractivity contribution in [1.82, 2.24) is 0 Å². The van der Waals surface area contributed by atoms with Crippen molar-refractivity contribution in [1.29, 1.82) is 10.5 Å². The van der Waals surface area contributed by atoms with Gasteiger partial charge in [-0.25, -0.2) is 0 Å². The quantitative estimate of drug-likeness (QED) is 0.367. The van der Waals surface area contributed by atoms with Crippen LogP contribution in [-0.2, 0) is 0 Å². The van der Waals surface area contributed by atoms with Crippen molar-refractivity contribution in [3.05, 3.63) is 95.1 Å². The molecule has 0 saturated heterocycles. The van der Waals surface area contributed by atoms with Crippen LogP contribution in [0.3, 0.4) is 0 Å². The standard InChI is InChI=1S/C28H26N4/c1-31(2)27-13-5-21(6-14-27)17-25(19-29)23-9-11-24(12-10-23)26(20-30)18-22-7-15-28(16-8-22)32(3)4/h5-18H,1-4H3. The zero-order valence-corrected chi connectivity index (χ0v) is 18.9. The summed E-state index contributed by atoms with van der Waals surface area (Å²) in [6.07, 6.45) is 3.75. The summed E-state index contributed by atoms with van der Waals surface area (Å²) in [5, 5.41) is 19.3. The Morgan fingerprint density at radius 3 is 1.12 bits per heavy atom. The number of hydrogen-bond donors (Lipinski definition) is 0. The number of nitrogens with zero attached hydrogens (tertiary/aromatic N) is 4. The largest absolute Gasteiger partial charge is 0.378 e. The number of allylic oxidation sites excluding steroid dienone is 2. The van der Waals surface area contributed by atoms with E-state index in [1.165, 1.54) is 0 Å². The molecule has 4 heteroatoms. The van der Waals surface area contributed by atoms with Crippen LogP contribution in [0.2, 0.25) is 0 Å². The second-order valence-corrected chi connectivity index (χ2v) is 7.89. The van der Waals surface area contributed by atoms with Crippen LogP contribution in [0, 0.1) is 22.7 Å². The van der Waals surface area contributed by atoms with Crippen LogP contribution in [0.25, 0.3) is 23.3 Å². The molecule has 0 heterocycles. The highest BCUT2D eigenvalue weighted by molar-refractivity contribution is 5.92. The first-order valence-corrected chi connectivity index (χ1v) is 10.3. The molecule has 0 atom stereocenters. The Morgan fingerprint density at radius 1 is 0.562 bits per heavy atom. The molecule has 0 spiro atoms. The third kappa shape index (κ3) is 5.45. The van der Waals surface area contributed by atoms with E-state index in [-0.39, 0.29) is 0 Å². The molecule has 3 aromatic carbocycles. The van der Waals surface area contributed by atoms with E-state index in [4.69, 9.17) is 0 Å². The second-order valence-electron chi connectivity index (χ2n) is 7.89. The maximum absolute atomic E-state index is 9.67. The highest BCUT2D eigenvalue weighted by Crippen LogP contribution is 2.24. The van der Waals surface area contributed by atoms with Gasteiger partial charge in [-0.1, -0.05) is 48.5 Å². The topological polar surface area (TPSA) is 54.1 Å². The molecule has 0 aromatic heterocycles. The summed E-state index contributed by atoms with van der Waals surface area (Å²) < 4.78 is 0. The first kappa shape index (κ1) is 22.4. The van der Waals surface area contributed by atoms with E-state index in [1.807, 2.05) is 123 Å². The molecule has 0 aliphatic heterocycles. The van der Waals surface area contributed by atoms with Crippen molar-refractivity contribution in [3.8, 4) is 12.1 Å². The molecule has 0 aliphatic carbocycles. The molecule has 0 radical (unpaired) electrons. The number of nitriles is 2. The van der Waals surface area contributed by atoms with Crippen molar-refractivity contribution in [3.63, 3.8) is 0 Å². The second kappa shape index (κ2) is 10.2. The molecule has 3 rings (SSSR count). The minimum atomic E-state index is 0.580. The molecule has 0 saturated carbocycles. The van der Waals surface area contributed by atoms with E-state index in [9.17, 15) is 10.5 Å². The van der Waals surface area contributed by atoms with Crippen molar-refractivity contribution in [2.24, 2.45) is 0 Å². The third-order valence-corrected chi connectivity index (χ3v) is 5.19. The Hall–Kier alpha value is -4.28. The molecule has 0 aliphatic rings. The predicted molar refractivity (Wildman–Crippen MR) is 135 cm³/mol. The molecule has 158 valence electrons. The van der Waals surface area contributed by atoms with Crippen LogP contribution in [0.5, 0.6) is 0 Å². The Kier molecular flexibility index (Phi) is 7.11. The van der Waals surface area contributed by atoms with Crippen LogP contribution in [0.1, 0.15) is 22.3 Å². The lowest BCUT2D eigenvalue weighted by atomic mass is 9.98. The fraction of sp³-hybridized carbons (Fsp3) is 0.143. The van der Waals surface area contributed by atoms with Crippen LogP contribution < -0.4 is 9.80 Å². The minimum absolute atomic E-state index is 0.580. The van der Waals surface area contributed by atoms with Gasteiger partial charge >= 0.3 is 0 Å². The van der Waals surface area contributed by atoms with Gasteiger partial charge < -0.3 is 9.80 Å². The molecule has 4 nitrogen and oxygen atoms in total. The van der Waals surface area contributed by atoms with Crippen LogP contribution >= 0.6 is 0 Å². The predicted octanol–water partition coefficient (Wildman–Crippen LogP) is 5.95. The van der Waals surface area contributed by atoms with E-state index < -0.39 is 0 Å². The Labute approximate surface area is 190 Å². The van der Waals surface area contributed by atoms with Gasteiger partial charge in [0.15, 0.2) is 0 Å². The Balaban J connectivity index is 1.84. The monoisotopic (exact) mass is 418 g/mol. The molecular weight excluding hydrogens is 392 g/mol. The van der Waals surface area contributed by atoms with E-state index in [0.717, 1.165) is 33.6 Å². The zero-order chi connectivity index (χ0) is 23.1. The number of benzene rings is 3. The van der Waals surface area contributed by atoms with Gasteiger partial charge in [0.2, 0.25) is 0 Å². The fourth-order valence-corrected chi connectivity index (χ4v) is 3.26. The fourth-order valence-electron chi connectivity index (χ4n) is 3.26. The van der Waals surface area contributed by atoms with Crippen molar-refractivity contribution < 1.29 is 0 Å². The summed E-state index contributed by atoms with van der Waals surface area (Å²) in [5.74, 6) is 0. The highest BCUT2D eigenvalue weighted by Gasteiger charge is 2.06. The highest BCUT2D eigenvalue weighted by atomic mass is 15.1. The molecule has 0 fully saturated rings. The lowest BCUT2D eigenvalue weighted by molar-refractivity contribution is 1.13. The molecular formula is C28H26N4. The summed E-state index contributed by atoms with van der Waals surface area (Å²) in [7, 11) is 7.98. The SMILES string of the molecule is CN(C)c1ccc(C=C(C#N)c2ccc(C(C#N)=Cc3ccc(N(C)C)cc3)cc2)cc1. The van der Waals surface area contributed by atoms with Gasteiger partial charge in [0, 0.05) is 39.6 Å². The van der Waals surface area contributed by atoms with Gasteiger partial charge in [-0.15, -0.1) is 0 Å². The van der Waals surface area contributed by atoms with Crippen LogP contribution in [-0.4, -0.2) is 28.2 Å².